The number of carbonyl (C=O) groups is 3. The second-order valence-electron chi connectivity index (χ2n) is 6.69. The van der Waals surface area contributed by atoms with E-state index in [9.17, 15) is 14.4 Å². The summed E-state index contributed by atoms with van der Waals surface area (Å²) in [6.07, 6.45) is 1.43. The van der Waals surface area contributed by atoms with E-state index < -0.39 is 6.04 Å². The second kappa shape index (κ2) is 8.30. The molecule has 29 heavy (non-hydrogen) atoms. The van der Waals surface area contributed by atoms with E-state index in [1.807, 2.05) is 30.3 Å². The Bertz CT molecular complexity index is 1040. The average Bonchev–Trinajstić information content (AvgIpc) is 3.48. The molecule has 0 bridgehead atoms. The molecule has 150 valence electrons. The summed E-state index contributed by atoms with van der Waals surface area (Å²) in [5.74, 6) is -0.709. The molecule has 0 aliphatic carbocycles. The van der Waals surface area contributed by atoms with E-state index in [0.717, 1.165) is 26.5 Å². The van der Waals surface area contributed by atoms with Gasteiger partial charge in [0.05, 0.1) is 26.5 Å². The first-order chi connectivity index (χ1) is 14.1. The molecule has 7 nitrogen and oxygen atoms in total. The van der Waals surface area contributed by atoms with Crippen LogP contribution in [0.3, 0.4) is 0 Å². The van der Waals surface area contributed by atoms with Gasteiger partial charge >= 0.3 is 0 Å². The highest BCUT2D eigenvalue weighted by molar-refractivity contribution is 7.26. The van der Waals surface area contributed by atoms with Crippen molar-refractivity contribution < 1.29 is 14.4 Å². The molecule has 1 atom stereocenters. The summed E-state index contributed by atoms with van der Waals surface area (Å²) in [5.41, 5.74) is 0.939. The van der Waals surface area contributed by atoms with Gasteiger partial charge in [0.15, 0.2) is 0 Å². The van der Waals surface area contributed by atoms with Crippen LogP contribution in [-0.2, 0) is 9.59 Å². The number of hydrogen-bond donors (Lipinski definition) is 2. The number of likely N-dealkylation sites (N-methyl/N-ethyl adjacent to an activating group) is 1. The number of benzene rings is 1. The number of para-hydroxylation sites is 1. The molecule has 3 aromatic rings. The topological polar surface area (TPSA) is 91.4 Å². The Morgan fingerprint density at radius 3 is 2.79 bits per heavy atom. The number of fused-ring (bicyclic) bond motifs is 1. The molecule has 1 saturated heterocycles. The molecule has 9 heteroatoms. The SMILES string of the molecule is CNC(=O)C1CCCN1C(=O)CNC(=O)c1ccc(-c2nc3ccccc3s2)s1. The van der Waals surface area contributed by atoms with Crippen LogP contribution in [0.4, 0.5) is 0 Å². The smallest absolute Gasteiger partial charge is 0.261 e. The molecule has 4 rings (SSSR count). The van der Waals surface area contributed by atoms with Crippen molar-refractivity contribution in [3.8, 4) is 9.88 Å². The summed E-state index contributed by atoms with van der Waals surface area (Å²) in [7, 11) is 1.56. The van der Waals surface area contributed by atoms with Crippen molar-refractivity contribution in [2.75, 3.05) is 20.1 Å². The van der Waals surface area contributed by atoms with Crippen LogP contribution in [0.15, 0.2) is 36.4 Å². The molecule has 3 amide bonds. The van der Waals surface area contributed by atoms with Crippen molar-refractivity contribution in [2.24, 2.45) is 0 Å². The predicted molar refractivity (Wildman–Crippen MR) is 114 cm³/mol. The Morgan fingerprint density at radius 1 is 1.17 bits per heavy atom. The van der Waals surface area contributed by atoms with Gasteiger partial charge in [-0.1, -0.05) is 12.1 Å². The zero-order chi connectivity index (χ0) is 20.4. The number of likely N-dealkylation sites (tertiary alicyclic amines) is 1. The number of hydrogen-bond acceptors (Lipinski definition) is 6. The van der Waals surface area contributed by atoms with E-state index in [2.05, 4.69) is 15.6 Å². The maximum absolute atomic E-state index is 12.5. The van der Waals surface area contributed by atoms with Crippen LogP contribution in [0.25, 0.3) is 20.1 Å². The fraction of sp³-hybridized carbons (Fsp3) is 0.300. The Kier molecular flexibility index (Phi) is 5.59. The van der Waals surface area contributed by atoms with Crippen LogP contribution in [-0.4, -0.2) is 53.8 Å². The minimum atomic E-state index is -0.447. The van der Waals surface area contributed by atoms with Crippen LogP contribution < -0.4 is 10.6 Å². The number of carbonyl (C=O) groups excluding carboxylic acids is 3. The lowest BCUT2D eigenvalue weighted by Crippen LogP contribution is -2.48. The van der Waals surface area contributed by atoms with Crippen molar-refractivity contribution in [3.63, 3.8) is 0 Å². The number of nitrogens with zero attached hydrogens (tertiary/aromatic N) is 2. The van der Waals surface area contributed by atoms with Gasteiger partial charge in [0.25, 0.3) is 5.91 Å². The standard InChI is InChI=1S/C20H20N4O3S2/c1-21-18(26)13-6-4-10-24(13)17(25)11-22-19(27)15-8-9-16(28-15)20-23-12-5-2-3-7-14(12)29-20/h2-3,5,7-9,13H,4,6,10-11H2,1H3,(H,21,26)(H,22,27). The number of nitrogens with one attached hydrogen (secondary N) is 2. The minimum Gasteiger partial charge on any atom is -0.357 e. The molecule has 0 spiro atoms. The Morgan fingerprint density at radius 2 is 2.00 bits per heavy atom. The van der Waals surface area contributed by atoms with E-state index in [1.54, 1.807) is 29.4 Å². The summed E-state index contributed by atoms with van der Waals surface area (Å²) in [6.45, 7) is 0.411. The number of thiazole rings is 1. The quantitative estimate of drug-likeness (QED) is 0.653. The third-order valence-electron chi connectivity index (χ3n) is 4.86. The van der Waals surface area contributed by atoms with E-state index in [1.165, 1.54) is 11.3 Å². The normalized spacial score (nSPS) is 16.2. The molecule has 0 radical (unpaired) electrons. The molecule has 1 unspecified atom stereocenters. The van der Waals surface area contributed by atoms with Gasteiger partial charge in [-0.3, -0.25) is 14.4 Å². The average molecular weight is 429 g/mol. The highest BCUT2D eigenvalue weighted by atomic mass is 32.1. The molecule has 1 aromatic carbocycles. The largest absolute Gasteiger partial charge is 0.357 e. The lowest BCUT2D eigenvalue weighted by molar-refractivity contribution is -0.137. The minimum absolute atomic E-state index is 0.124. The highest BCUT2D eigenvalue weighted by Crippen LogP contribution is 2.34. The van der Waals surface area contributed by atoms with Crippen LogP contribution >= 0.6 is 22.7 Å². The predicted octanol–water partition coefficient (Wildman–Crippen LogP) is 2.49. The van der Waals surface area contributed by atoms with Gasteiger partial charge in [0.1, 0.15) is 11.0 Å². The first-order valence-electron chi connectivity index (χ1n) is 9.32. The molecule has 2 aromatic heterocycles. The van der Waals surface area contributed by atoms with Crippen LogP contribution in [0, 0.1) is 0 Å². The molecular weight excluding hydrogens is 408 g/mol. The van der Waals surface area contributed by atoms with Gasteiger partial charge < -0.3 is 15.5 Å². The monoisotopic (exact) mass is 428 g/mol. The molecule has 1 aliphatic rings. The molecule has 2 N–H and O–H groups in total. The first-order valence-corrected chi connectivity index (χ1v) is 10.9. The summed E-state index contributed by atoms with van der Waals surface area (Å²) in [6, 6.07) is 11.1. The van der Waals surface area contributed by atoms with Crippen molar-refractivity contribution >= 4 is 50.6 Å². The van der Waals surface area contributed by atoms with Crippen molar-refractivity contribution in [1.29, 1.82) is 0 Å². The fourth-order valence-electron chi connectivity index (χ4n) is 3.40. The van der Waals surface area contributed by atoms with Crippen molar-refractivity contribution in [1.82, 2.24) is 20.5 Å². The number of thiophene rings is 1. The van der Waals surface area contributed by atoms with Crippen LogP contribution in [0.2, 0.25) is 0 Å². The number of rotatable bonds is 5. The Labute approximate surface area is 175 Å². The van der Waals surface area contributed by atoms with E-state index >= 15 is 0 Å². The third kappa shape index (κ3) is 4.01. The highest BCUT2D eigenvalue weighted by Gasteiger charge is 2.33. The summed E-state index contributed by atoms with van der Waals surface area (Å²) >= 11 is 2.93. The van der Waals surface area contributed by atoms with E-state index in [4.69, 9.17) is 0 Å². The number of amides is 3. The second-order valence-corrected chi connectivity index (χ2v) is 8.81. The Hall–Kier alpha value is -2.78. The van der Waals surface area contributed by atoms with Gasteiger partial charge in [-0.05, 0) is 37.1 Å². The van der Waals surface area contributed by atoms with Gasteiger partial charge in [-0.15, -0.1) is 22.7 Å². The zero-order valence-corrected chi connectivity index (χ0v) is 17.4. The Balaban J connectivity index is 1.39. The lowest BCUT2D eigenvalue weighted by atomic mass is 10.2. The maximum atomic E-state index is 12.5. The molecule has 1 aliphatic heterocycles. The molecule has 1 fully saturated rings. The molecule has 0 saturated carbocycles. The third-order valence-corrected chi connectivity index (χ3v) is 7.15. The van der Waals surface area contributed by atoms with Gasteiger partial charge in [-0.2, -0.15) is 0 Å². The van der Waals surface area contributed by atoms with Crippen LogP contribution in [0.1, 0.15) is 22.5 Å². The van der Waals surface area contributed by atoms with E-state index in [-0.39, 0.29) is 24.3 Å². The fourth-order valence-corrected chi connectivity index (χ4v) is 5.34. The maximum Gasteiger partial charge on any atom is 0.261 e. The summed E-state index contributed by atoms with van der Waals surface area (Å²) in [5, 5.41) is 6.13. The van der Waals surface area contributed by atoms with E-state index in [0.29, 0.717) is 17.8 Å². The van der Waals surface area contributed by atoms with Crippen LogP contribution in [0.5, 0.6) is 0 Å². The van der Waals surface area contributed by atoms with Gasteiger partial charge in [0.2, 0.25) is 11.8 Å². The molecular formula is C20H20N4O3S2. The summed E-state index contributed by atoms with van der Waals surface area (Å²) < 4.78 is 1.10. The zero-order valence-electron chi connectivity index (χ0n) is 15.8. The van der Waals surface area contributed by atoms with Gasteiger partial charge in [0, 0.05) is 13.6 Å². The number of aromatic nitrogens is 1. The van der Waals surface area contributed by atoms with Crippen molar-refractivity contribution in [3.05, 3.63) is 41.3 Å². The lowest BCUT2D eigenvalue weighted by Gasteiger charge is -2.23. The van der Waals surface area contributed by atoms with Gasteiger partial charge in [-0.25, -0.2) is 4.98 Å². The summed E-state index contributed by atoms with van der Waals surface area (Å²) in [4.78, 5) is 44.4. The molecule has 3 heterocycles. The first kappa shape index (κ1) is 19.5. The van der Waals surface area contributed by atoms with Crippen molar-refractivity contribution in [2.45, 2.75) is 18.9 Å².